The number of hydrogen-bond donors (Lipinski definition) is 0. The average Bonchev–Trinajstić information content (AvgIpc) is 2.19. The van der Waals surface area contributed by atoms with Crippen LogP contribution in [0.25, 0.3) is 0 Å². The Balaban J connectivity index is 5.26. The fraction of sp³-hybridized carbons (Fsp3) is 1.00. The highest BCUT2D eigenvalue weighted by molar-refractivity contribution is 6.72. The van der Waals surface area contributed by atoms with Crippen molar-refractivity contribution in [2.75, 3.05) is 14.2 Å². The van der Waals surface area contributed by atoms with E-state index >= 15 is 0 Å². The Morgan fingerprint density at radius 2 is 1.47 bits per heavy atom. The second kappa shape index (κ2) is 5.46. The highest BCUT2D eigenvalue weighted by Gasteiger charge is 2.55. The Morgan fingerprint density at radius 1 is 1.07 bits per heavy atom. The number of hydrogen-bond acceptors (Lipinski definition) is 2. The lowest BCUT2D eigenvalue weighted by atomic mass is 9.99. The third-order valence-corrected chi connectivity index (χ3v) is 9.50. The van der Waals surface area contributed by atoms with Crippen molar-refractivity contribution in [2.24, 2.45) is 5.92 Å². The van der Waals surface area contributed by atoms with Crippen molar-refractivity contribution in [3.05, 3.63) is 0 Å². The second-order valence-electron chi connectivity index (χ2n) is 5.26. The van der Waals surface area contributed by atoms with Gasteiger partial charge in [-0.2, -0.15) is 0 Å². The van der Waals surface area contributed by atoms with E-state index in [1.54, 1.807) is 0 Å². The molecule has 92 valence electrons. The summed E-state index contributed by atoms with van der Waals surface area (Å²) in [7, 11) is 1.49. The van der Waals surface area contributed by atoms with Gasteiger partial charge in [-0.05, 0) is 5.92 Å². The first kappa shape index (κ1) is 15.1. The molecule has 0 fully saturated rings. The van der Waals surface area contributed by atoms with Gasteiger partial charge in [-0.15, -0.1) is 0 Å². The molecule has 0 saturated carbocycles. The van der Waals surface area contributed by atoms with E-state index in [-0.39, 0.29) is 5.04 Å². The van der Waals surface area contributed by atoms with Gasteiger partial charge < -0.3 is 8.85 Å². The number of rotatable bonds is 6. The van der Waals surface area contributed by atoms with Gasteiger partial charge in [-0.25, -0.2) is 0 Å². The van der Waals surface area contributed by atoms with E-state index in [4.69, 9.17) is 8.85 Å². The third-order valence-electron chi connectivity index (χ3n) is 4.21. The van der Waals surface area contributed by atoms with Crippen LogP contribution in [0, 0.1) is 5.92 Å². The molecule has 0 aromatic heterocycles. The van der Waals surface area contributed by atoms with E-state index in [1.165, 1.54) is 0 Å². The highest BCUT2D eigenvalue weighted by Crippen LogP contribution is 2.50. The molecule has 0 saturated heterocycles. The standard InChI is InChI=1S/C12H28O2Si/c1-9-11(4)15(13-7,14-8)12(5,6)10(2)3/h10-11H,9H2,1-8H3. The second-order valence-corrected chi connectivity index (χ2v) is 9.69. The van der Waals surface area contributed by atoms with Crippen molar-refractivity contribution in [1.82, 2.24) is 0 Å². The zero-order valence-electron chi connectivity index (χ0n) is 11.7. The molecular formula is C12H28O2Si. The van der Waals surface area contributed by atoms with Crippen molar-refractivity contribution in [2.45, 2.75) is 58.5 Å². The molecule has 0 aliphatic rings. The van der Waals surface area contributed by atoms with Crippen molar-refractivity contribution >= 4 is 8.56 Å². The maximum Gasteiger partial charge on any atom is 0.346 e. The predicted octanol–water partition coefficient (Wildman–Crippen LogP) is 3.96. The lowest BCUT2D eigenvalue weighted by Gasteiger charge is -2.47. The first-order valence-corrected chi connectivity index (χ1v) is 7.79. The molecule has 0 bridgehead atoms. The van der Waals surface area contributed by atoms with Crippen LogP contribution in [0.1, 0.15) is 48.0 Å². The van der Waals surface area contributed by atoms with Crippen molar-refractivity contribution < 1.29 is 8.85 Å². The van der Waals surface area contributed by atoms with Crippen LogP contribution in [-0.4, -0.2) is 22.8 Å². The molecule has 1 atom stereocenters. The van der Waals surface area contributed by atoms with Crippen molar-refractivity contribution in [1.29, 1.82) is 0 Å². The monoisotopic (exact) mass is 232 g/mol. The van der Waals surface area contributed by atoms with Gasteiger partial charge in [0.25, 0.3) is 0 Å². The lowest BCUT2D eigenvalue weighted by Crippen LogP contribution is -2.55. The molecule has 15 heavy (non-hydrogen) atoms. The van der Waals surface area contributed by atoms with E-state index in [0.29, 0.717) is 11.5 Å². The first-order chi connectivity index (χ1) is 6.80. The molecule has 0 heterocycles. The molecule has 0 radical (unpaired) electrons. The third kappa shape index (κ3) is 2.45. The van der Waals surface area contributed by atoms with Gasteiger partial charge in [0.15, 0.2) is 0 Å². The summed E-state index contributed by atoms with van der Waals surface area (Å²) in [5, 5.41) is 0.131. The molecule has 3 heteroatoms. The zero-order chi connectivity index (χ0) is 12.3. The minimum Gasteiger partial charge on any atom is -0.397 e. The molecular weight excluding hydrogens is 204 g/mol. The Bertz CT molecular complexity index is 186. The van der Waals surface area contributed by atoms with Crippen LogP contribution in [0.15, 0.2) is 0 Å². The smallest absolute Gasteiger partial charge is 0.346 e. The van der Waals surface area contributed by atoms with Gasteiger partial charge in [0, 0.05) is 24.8 Å². The van der Waals surface area contributed by atoms with E-state index in [2.05, 4.69) is 41.5 Å². The normalized spacial score (nSPS) is 15.8. The molecule has 0 aliphatic carbocycles. The van der Waals surface area contributed by atoms with Crippen LogP contribution in [0.3, 0.4) is 0 Å². The summed E-state index contributed by atoms with van der Waals surface area (Å²) < 4.78 is 11.8. The molecule has 0 aliphatic heterocycles. The van der Waals surface area contributed by atoms with Gasteiger partial charge in [-0.3, -0.25) is 0 Å². The minimum absolute atomic E-state index is 0.131. The van der Waals surface area contributed by atoms with Crippen LogP contribution < -0.4 is 0 Å². The van der Waals surface area contributed by atoms with Crippen molar-refractivity contribution in [3.63, 3.8) is 0 Å². The van der Waals surface area contributed by atoms with Crippen LogP contribution in [0.4, 0.5) is 0 Å². The van der Waals surface area contributed by atoms with Crippen LogP contribution >= 0.6 is 0 Å². The Morgan fingerprint density at radius 3 is 1.67 bits per heavy atom. The molecule has 0 spiro atoms. The summed E-state index contributed by atoms with van der Waals surface area (Å²) in [6, 6.07) is 0. The SMILES string of the molecule is CCC(C)[Si](OC)(OC)C(C)(C)C(C)C. The molecule has 0 N–H and O–H groups in total. The fourth-order valence-corrected chi connectivity index (χ4v) is 6.95. The van der Waals surface area contributed by atoms with E-state index in [0.717, 1.165) is 6.42 Å². The maximum absolute atomic E-state index is 5.88. The lowest BCUT2D eigenvalue weighted by molar-refractivity contribution is 0.180. The summed E-state index contributed by atoms with van der Waals surface area (Å²) in [6.45, 7) is 13.5. The molecule has 0 amide bonds. The van der Waals surface area contributed by atoms with E-state index in [1.807, 2.05) is 14.2 Å². The van der Waals surface area contributed by atoms with Gasteiger partial charge >= 0.3 is 8.56 Å². The molecule has 1 unspecified atom stereocenters. The molecule has 0 aromatic carbocycles. The fourth-order valence-electron chi connectivity index (χ4n) is 2.32. The highest BCUT2D eigenvalue weighted by atomic mass is 28.4. The van der Waals surface area contributed by atoms with Crippen LogP contribution in [0.2, 0.25) is 10.6 Å². The van der Waals surface area contributed by atoms with E-state index in [9.17, 15) is 0 Å². The van der Waals surface area contributed by atoms with Crippen LogP contribution in [0.5, 0.6) is 0 Å². The molecule has 2 nitrogen and oxygen atoms in total. The Hall–Kier alpha value is 0.137. The maximum atomic E-state index is 5.88. The van der Waals surface area contributed by atoms with Gasteiger partial charge in [-0.1, -0.05) is 48.0 Å². The average molecular weight is 232 g/mol. The van der Waals surface area contributed by atoms with E-state index < -0.39 is 8.56 Å². The molecule has 0 rings (SSSR count). The molecule has 0 aromatic rings. The summed E-state index contributed by atoms with van der Waals surface area (Å²) in [6.07, 6.45) is 1.12. The largest absolute Gasteiger partial charge is 0.397 e. The predicted molar refractivity (Wildman–Crippen MR) is 68.4 cm³/mol. The topological polar surface area (TPSA) is 18.5 Å². The van der Waals surface area contributed by atoms with Gasteiger partial charge in [0.05, 0.1) is 0 Å². The van der Waals surface area contributed by atoms with Gasteiger partial charge in [0.1, 0.15) is 0 Å². The summed E-state index contributed by atoms with van der Waals surface area (Å²) in [5.41, 5.74) is 0.518. The Labute approximate surface area is 96.6 Å². The summed E-state index contributed by atoms with van der Waals surface area (Å²) in [5.74, 6) is 0.568. The van der Waals surface area contributed by atoms with Gasteiger partial charge in [0.2, 0.25) is 0 Å². The zero-order valence-corrected chi connectivity index (χ0v) is 12.7. The summed E-state index contributed by atoms with van der Waals surface area (Å²) >= 11 is 0. The minimum atomic E-state index is -2.14. The quantitative estimate of drug-likeness (QED) is 0.645. The first-order valence-electron chi connectivity index (χ1n) is 5.90. The summed E-state index contributed by atoms with van der Waals surface area (Å²) in [4.78, 5) is 0. The van der Waals surface area contributed by atoms with Crippen LogP contribution in [-0.2, 0) is 8.85 Å². The van der Waals surface area contributed by atoms with Crippen molar-refractivity contribution in [3.8, 4) is 0 Å². The Kier molecular flexibility index (Phi) is 5.51.